The van der Waals surface area contributed by atoms with Crippen molar-refractivity contribution in [3.8, 4) is 0 Å². The summed E-state index contributed by atoms with van der Waals surface area (Å²) < 4.78 is 6.73. The number of halogens is 1. The maximum Gasteiger partial charge on any atom is 0.234 e. The molecule has 2 aromatic rings. The monoisotopic (exact) mass is 450 g/mol. The molecule has 0 radical (unpaired) electrons. The molecule has 0 fully saturated rings. The van der Waals surface area contributed by atoms with Crippen molar-refractivity contribution in [3.05, 3.63) is 27.8 Å². The summed E-state index contributed by atoms with van der Waals surface area (Å²) in [6.07, 6.45) is 0. The van der Waals surface area contributed by atoms with Gasteiger partial charge < -0.3 is 15.4 Å². The van der Waals surface area contributed by atoms with Gasteiger partial charge >= 0.3 is 0 Å². The maximum atomic E-state index is 11.9. The molecule has 22 heavy (non-hydrogen) atoms. The molecule has 9 heteroatoms. The molecule has 1 aromatic carbocycles. The van der Waals surface area contributed by atoms with Crippen LogP contribution in [0, 0.1) is 3.57 Å². The van der Waals surface area contributed by atoms with Crippen molar-refractivity contribution >= 4 is 62.4 Å². The second-order valence-electron chi connectivity index (χ2n) is 4.11. The van der Waals surface area contributed by atoms with Gasteiger partial charge in [-0.1, -0.05) is 35.2 Å². The molecule has 118 valence electrons. The normalized spacial score (nSPS) is 10.5. The molecule has 0 spiro atoms. The number of hydrogen-bond donors (Lipinski definition) is 2. The van der Waals surface area contributed by atoms with Crippen LogP contribution >= 0.6 is 45.7 Å². The molecule has 2 rings (SSSR count). The fourth-order valence-corrected chi connectivity index (χ4v) is 3.58. The molecular weight excluding hydrogens is 435 g/mol. The first-order valence-electron chi connectivity index (χ1n) is 6.42. The Balaban J connectivity index is 1.78. The fraction of sp³-hybridized carbons (Fsp3) is 0.308. The molecule has 1 amide bonds. The van der Waals surface area contributed by atoms with E-state index in [0.717, 1.165) is 18.7 Å². The molecule has 2 N–H and O–H groups in total. The van der Waals surface area contributed by atoms with Gasteiger partial charge in [-0.2, -0.15) is 0 Å². The van der Waals surface area contributed by atoms with E-state index >= 15 is 0 Å². The Labute approximate surface area is 150 Å². The number of nitrogens with zero attached hydrogens (tertiary/aromatic N) is 2. The minimum Gasteiger partial charge on any atom is -0.383 e. The van der Waals surface area contributed by atoms with Crippen LogP contribution < -0.4 is 10.6 Å². The summed E-state index contributed by atoms with van der Waals surface area (Å²) in [4.78, 5) is 11.9. The number of carbonyl (C=O) groups is 1. The maximum absolute atomic E-state index is 11.9. The van der Waals surface area contributed by atoms with Crippen LogP contribution in [0.15, 0.2) is 28.6 Å². The van der Waals surface area contributed by atoms with E-state index in [2.05, 4.69) is 43.4 Å². The van der Waals surface area contributed by atoms with E-state index in [9.17, 15) is 4.79 Å². The number of amides is 1. The number of methoxy groups -OCH3 is 1. The molecule has 1 aromatic heterocycles. The highest BCUT2D eigenvalue weighted by Crippen LogP contribution is 2.25. The molecule has 0 unspecified atom stereocenters. The molecule has 6 nitrogen and oxygen atoms in total. The summed E-state index contributed by atoms with van der Waals surface area (Å²) in [5.41, 5.74) is 0.827. The highest BCUT2D eigenvalue weighted by Gasteiger charge is 2.09. The van der Waals surface area contributed by atoms with Crippen LogP contribution in [0.3, 0.4) is 0 Å². The third-order valence-electron chi connectivity index (χ3n) is 2.46. The summed E-state index contributed by atoms with van der Waals surface area (Å²) in [7, 11) is 1.65. The molecule has 0 saturated heterocycles. The summed E-state index contributed by atoms with van der Waals surface area (Å²) in [6, 6.07) is 7.66. The van der Waals surface area contributed by atoms with Crippen LogP contribution in [0.4, 0.5) is 10.8 Å². The van der Waals surface area contributed by atoms with Crippen molar-refractivity contribution in [2.45, 2.75) is 4.34 Å². The van der Waals surface area contributed by atoms with Crippen molar-refractivity contribution < 1.29 is 9.53 Å². The number of aromatic nitrogens is 2. The third-order valence-corrected chi connectivity index (χ3v) is 5.42. The zero-order valence-electron chi connectivity index (χ0n) is 11.8. The first kappa shape index (κ1) is 17.4. The van der Waals surface area contributed by atoms with Crippen molar-refractivity contribution in [2.24, 2.45) is 0 Å². The standard InChI is InChI=1S/C13H15IN4O2S2/c1-20-7-6-15-12-17-18-13(22-12)21-8-11(19)16-10-5-3-2-4-9(10)14/h2-5H,6-8H2,1H3,(H,15,17)(H,16,19). The van der Waals surface area contributed by atoms with Crippen molar-refractivity contribution in [2.75, 3.05) is 36.6 Å². The van der Waals surface area contributed by atoms with E-state index < -0.39 is 0 Å². The summed E-state index contributed by atoms with van der Waals surface area (Å²) in [5.74, 6) is 0.246. The second kappa shape index (κ2) is 9.28. The van der Waals surface area contributed by atoms with Crippen LogP contribution in [0.1, 0.15) is 0 Å². The average Bonchev–Trinajstić information content (AvgIpc) is 2.96. The van der Waals surface area contributed by atoms with Crippen molar-refractivity contribution in [1.29, 1.82) is 0 Å². The fourth-order valence-electron chi connectivity index (χ4n) is 1.48. The lowest BCUT2D eigenvalue weighted by Crippen LogP contribution is -2.14. The van der Waals surface area contributed by atoms with Gasteiger partial charge in [0.2, 0.25) is 11.0 Å². The number of nitrogens with one attached hydrogen (secondary N) is 2. The Morgan fingerprint density at radius 3 is 3.00 bits per heavy atom. The van der Waals surface area contributed by atoms with E-state index in [-0.39, 0.29) is 5.91 Å². The van der Waals surface area contributed by atoms with Gasteiger partial charge in [-0.25, -0.2) is 0 Å². The zero-order chi connectivity index (χ0) is 15.8. The van der Waals surface area contributed by atoms with Crippen LogP contribution in [-0.2, 0) is 9.53 Å². The van der Waals surface area contributed by atoms with Gasteiger partial charge in [-0.15, -0.1) is 10.2 Å². The zero-order valence-corrected chi connectivity index (χ0v) is 15.6. The third kappa shape index (κ3) is 5.71. The molecule has 0 aliphatic rings. The predicted molar refractivity (Wildman–Crippen MR) is 98.8 cm³/mol. The Morgan fingerprint density at radius 1 is 1.41 bits per heavy atom. The highest BCUT2D eigenvalue weighted by molar-refractivity contribution is 14.1. The quantitative estimate of drug-likeness (QED) is 0.366. The Hall–Kier alpha value is -0.910. The minimum atomic E-state index is -0.0572. The Morgan fingerprint density at radius 2 is 2.23 bits per heavy atom. The topological polar surface area (TPSA) is 76.1 Å². The molecule has 0 saturated carbocycles. The average molecular weight is 450 g/mol. The van der Waals surface area contributed by atoms with Crippen LogP contribution in [0.5, 0.6) is 0 Å². The smallest absolute Gasteiger partial charge is 0.234 e. The molecule has 0 atom stereocenters. The molecule has 0 aliphatic carbocycles. The first-order valence-corrected chi connectivity index (χ1v) is 9.30. The number of carbonyl (C=O) groups excluding carboxylic acids is 1. The molecular formula is C13H15IN4O2S2. The predicted octanol–water partition coefficient (Wildman–Crippen LogP) is 2.93. The van der Waals surface area contributed by atoms with Crippen LogP contribution in [-0.4, -0.2) is 42.1 Å². The molecule has 0 bridgehead atoms. The van der Waals surface area contributed by atoms with Gasteiger partial charge in [-0.3, -0.25) is 4.79 Å². The van der Waals surface area contributed by atoms with Gasteiger partial charge in [0.15, 0.2) is 4.34 Å². The number of hydrogen-bond acceptors (Lipinski definition) is 7. The SMILES string of the molecule is COCCNc1nnc(SCC(=O)Nc2ccccc2I)s1. The summed E-state index contributed by atoms with van der Waals surface area (Å²) >= 11 is 4.99. The van der Waals surface area contributed by atoms with Crippen molar-refractivity contribution in [1.82, 2.24) is 10.2 Å². The lowest BCUT2D eigenvalue weighted by Gasteiger charge is -2.05. The lowest BCUT2D eigenvalue weighted by atomic mass is 10.3. The lowest BCUT2D eigenvalue weighted by molar-refractivity contribution is -0.113. The van der Waals surface area contributed by atoms with Gasteiger partial charge in [0, 0.05) is 17.2 Å². The van der Waals surface area contributed by atoms with E-state index in [1.165, 1.54) is 23.1 Å². The van der Waals surface area contributed by atoms with E-state index in [0.29, 0.717) is 18.9 Å². The second-order valence-corrected chi connectivity index (χ2v) is 7.47. The summed E-state index contributed by atoms with van der Waals surface area (Å²) in [6.45, 7) is 1.29. The van der Waals surface area contributed by atoms with Gasteiger partial charge in [0.1, 0.15) is 0 Å². The van der Waals surface area contributed by atoms with Gasteiger partial charge in [0.05, 0.1) is 18.0 Å². The number of thioether (sulfide) groups is 1. The number of para-hydroxylation sites is 1. The minimum absolute atomic E-state index is 0.0572. The Bertz CT molecular complexity index is 624. The van der Waals surface area contributed by atoms with Crippen LogP contribution in [0.2, 0.25) is 0 Å². The number of anilines is 2. The number of rotatable bonds is 8. The van der Waals surface area contributed by atoms with E-state index in [1.54, 1.807) is 7.11 Å². The Kier molecular flexibility index (Phi) is 7.36. The molecule has 1 heterocycles. The largest absolute Gasteiger partial charge is 0.383 e. The first-order chi connectivity index (χ1) is 10.7. The van der Waals surface area contributed by atoms with Crippen molar-refractivity contribution in [3.63, 3.8) is 0 Å². The van der Waals surface area contributed by atoms with Gasteiger partial charge in [0.25, 0.3) is 0 Å². The number of ether oxygens (including phenoxy) is 1. The summed E-state index contributed by atoms with van der Waals surface area (Å²) in [5, 5.41) is 14.8. The number of benzene rings is 1. The molecule has 0 aliphatic heterocycles. The highest BCUT2D eigenvalue weighted by atomic mass is 127. The van der Waals surface area contributed by atoms with Gasteiger partial charge in [-0.05, 0) is 34.7 Å². The van der Waals surface area contributed by atoms with E-state index in [1.807, 2.05) is 24.3 Å². The van der Waals surface area contributed by atoms with E-state index in [4.69, 9.17) is 4.74 Å². The van der Waals surface area contributed by atoms with Crippen LogP contribution in [0.25, 0.3) is 0 Å².